The zero-order valence-corrected chi connectivity index (χ0v) is 11.7. The number of nitrogens with two attached hydrogens (primary N) is 1. The Morgan fingerprint density at radius 2 is 2.22 bits per heavy atom. The molecule has 0 saturated carbocycles. The first-order chi connectivity index (χ1) is 8.64. The van der Waals surface area contributed by atoms with Crippen LogP contribution >= 0.6 is 11.6 Å². The van der Waals surface area contributed by atoms with Crippen molar-refractivity contribution in [1.29, 1.82) is 0 Å². The molecule has 1 unspecified atom stereocenters. The van der Waals surface area contributed by atoms with Gasteiger partial charge in [0.1, 0.15) is 5.75 Å². The summed E-state index contributed by atoms with van der Waals surface area (Å²) in [5.41, 5.74) is 6.82. The standard InChI is InChI=1S/C14H20ClNO2/c1-10(5-6-16)14(8-18-9-14)12-7-11(15)3-4-13(12)17-2/h3-4,7,10H,5-6,8-9,16H2,1-2H3. The van der Waals surface area contributed by atoms with Crippen molar-refractivity contribution in [3.63, 3.8) is 0 Å². The quantitative estimate of drug-likeness (QED) is 0.894. The predicted octanol–water partition coefficient (Wildman–Crippen LogP) is 2.60. The number of rotatable bonds is 5. The molecule has 18 heavy (non-hydrogen) atoms. The Labute approximate surface area is 113 Å². The third-order valence-electron chi connectivity index (χ3n) is 3.96. The second-order valence-corrected chi connectivity index (χ2v) is 5.41. The van der Waals surface area contributed by atoms with Crippen molar-refractivity contribution in [2.75, 3.05) is 26.9 Å². The Hall–Kier alpha value is -0.770. The summed E-state index contributed by atoms with van der Waals surface area (Å²) in [4.78, 5) is 0. The molecule has 1 aliphatic heterocycles. The Kier molecular flexibility index (Phi) is 4.15. The van der Waals surface area contributed by atoms with E-state index < -0.39 is 0 Å². The molecule has 0 radical (unpaired) electrons. The van der Waals surface area contributed by atoms with Crippen LogP contribution in [0.3, 0.4) is 0 Å². The highest BCUT2D eigenvalue weighted by molar-refractivity contribution is 6.30. The third-order valence-corrected chi connectivity index (χ3v) is 4.20. The van der Waals surface area contributed by atoms with Crippen LogP contribution in [0.5, 0.6) is 5.75 Å². The van der Waals surface area contributed by atoms with E-state index in [0.29, 0.717) is 25.7 Å². The number of methoxy groups -OCH3 is 1. The van der Waals surface area contributed by atoms with Crippen molar-refractivity contribution in [2.24, 2.45) is 11.7 Å². The lowest BCUT2D eigenvalue weighted by molar-refractivity contribution is -0.0891. The molecule has 1 aliphatic rings. The Morgan fingerprint density at radius 1 is 1.50 bits per heavy atom. The molecule has 2 N–H and O–H groups in total. The molecule has 2 rings (SSSR count). The van der Waals surface area contributed by atoms with Gasteiger partial charge in [-0.3, -0.25) is 0 Å². The van der Waals surface area contributed by atoms with E-state index in [4.69, 9.17) is 26.8 Å². The Bertz CT molecular complexity index is 418. The highest BCUT2D eigenvalue weighted by Crippen LogP contribution is 2.45. The molecule has 1 fully saturated rings. The summed E-state index contributed by atoms with van der Waals surface area (Å²) < 4.78 is 10.9. The van der Waals surface area contributed by atoms with Gasteiger partial charge in [0.25, 0.3) is 0 Å². The summed E-state index contributed by atoms with van der Waals surface area (Å²) in [6.07, 6.45) is 0.971. The third kappa shape index (κ3) is 2.22. The van der Waals surface area contributed by atoms with E-state index in [9.17, 15) is 0 Å². The Balaban J connectivity index is 2.40. The van der Waals surface area contributed by atoms with Gasteiger partial charge in [0.2, 0.25) is 0 Å². The molecule has 0 aliphatic carbocycles. The van der Waals surface area contributed by atoms with Gasteiger partial charge >= 0.3 is 0 Å². The van der Waals surface area contributed by atoms with Crippen LogP contribution in [0.25, 0.3) is 0 Å². The van der Waals surface area contributed by atoms with Crippen LogP contribution < -0.4 is 10.5 Å². The van der Waals surface area contributed by atoms with Gasteiger partial charge in [-0.25, -0.2) is 0 Å². The topological polar surface area (TPSA) is 44.5 Å². The molecule has 1 atom stereocenters. The van der Waals surface area contributed by atoms with Crippen LogP contribution in [0.4, 0.5) is 0 Å². The Morgan fingerprint density at radius 3 is 2.72 bits per heavy atom. The maximum atomic E-state index is 6.12. The molecular weight excluding hydrogens is 250 g/mol. The zero-order chi connectivity index (χ0) is 13.2. The molecule has 4 heteroatoms. The molecule has 100 valence electrons. The highest BCUT2D eigenvalue weighted by Gasteiger charge is 2.46. The fraction of sp³-hybridized carbons (Fsp3) is 0.571. The van der Waals surface area contributed by atoms with Gasteiger partial charge in [0, 0.05) is 16.0 Å². The minimum atomic E-state index is -0.00435. The van der Waals surface area contributed by atoms with Crippen molar-refractivity contribution in [3.8, 4) is 5.75 Å². The average Bonchev–Trinajstić information content (AvgIpc) is 2.28. The minimum absolute atomic E-state index is 0.00435. The molecule has 1 heterocycles. The smallest absolute Gasteiger partial charge is 0.122 e. The number of hydrogen-bond acceptors (Lipinski definition) is 3. The summed E-state index contributed by atoms with van der Waals surface area (Å²) in [6.45, 7) is 4.33. The van der Waals surface area contributed by atoms with Crippen molar-refractivity contribution in [3.05, 3.63) is 28.8 Å². The summed E-state index contributed by atoms with van der Waals surface area (Å²) in [7, 11) is 1.69. The normalized spacial score (nSPS) is 19.1. The van der Waals surface area contributed by atoms with E-state index in [1.165, 1.54) is 0 Å². The second kappa shape index (κ2) is 5.47. The fourth-order valence-electron chi connectivity index (χ4n) is 2.62. The first-order valence-corrected chi connectivity index (χ1v) is 6.63. The highest BCUT2D eigenvalue weighted by atomic mass is 35.5. The van der Waals surface area contributed by atoms with Gasteiger partial charge in [0.15, 0.2) is 0 Å². The first kappa shape index (κ1) is 13.7. The van der Waals surface area contributed by atoms with Crippen LogP contribution in [-0.4, -0.2) is 26.9 Å². The van der Waals surface area contributed by atoms with Crippen LogP contribution in [0, 0.1) is 5.92 Å². The van der Waals surface area contributed by atoms with Crippen LogP contribution in [-0.2, 0) is 10.2 Å². The van der Waals surface area contributed by atoms with E-state index in [1.807, 2.05) is 18.2 Å². The lowest BCUT2D eigenvalue weighted by Crippen LogP contribution is -2.52. The van der Waals surface area contributed by atoms with E-state index in [0.717, 1.165) is 22.8 Å². The number of benzene rings is 1. The monoisotopic (exact) mass is 269 g/mol. The molecule has 0 bridgehead atoms. The number of hydrogen-bond donors (Lipinski definition) is 1. The maximum Gasteiger partial charge on any atom is 0.122 e. The molecule has 1 saturated heterocycles. The lowest BCUT2D eigenvalue weighted by Gasteiger charge is -2.47. The molecule has 3 nitrogen and oxygen atoms in total. The van der Waals surface area contributed by atoms with Crippen molar-refractivity contribution < 1.29 is 9.47 Å². The van der Waals surface area contributed by atoms with Crippen molar-refractivity contribution >= 4 is 11.6 Å². The molecule has 0 spiro atoms. The summed E-state index contributed by atoms with van der Waals surface area (Å²) in [5.74, 6) is 1.33. The summed E-state index contributed by atoms with van der Waals surface area (Å²) >= 11 is 6.12. The maximum absolute atomic E-state index is 6.12. The molecular formula is C14H20ClNO2. The summed E-state index contributed by atoms with van der Waals surface area (Å²) in [6, 6.07) is 5.77. The van der Waals surface area contributed by atoms with Gasteiger partial charge < -0.3 is 15.2 Å². The summed E-state index contributed by atoms with van der Waals surface area (Å²) in [5, 5.41) is 0.733. The lowest BCUT2D eigenvalue weighted by atomic mass is 9.68. The number of ether oxygens (including phenoxy) is 2. The van der Waals surface area contributed by atoms with Crippen LogP contribution in [0.2, 0.25) is 5.02 Å². The van der Waals surface area contributed by atoms with E-state index in [-0.39, 0.29) is 5.41 Å². The van der Waals surface area contributed by atoms with Crippen LogP contribution in [0.15, 0.2) is 18.2 Å². The average molecular weight is 270 g/mol. The molecule has 1 aromatic rings. The predicted molar refractivity (Wildman–Crippen MR) is 73.3 cm³/mol. The largest absolute Gasteiger partial charge is 0.496 e. The zero-order valence-electron chi connectivity index (χ0n) is 10.9. The van der Waals surface area contributed by atoms with Gasteiger partial charge in [-0.15, -0.1) is 0 Å². The van der Waals surface area contributed by atoms with Crippen molar-refractivity contribution in [1.82, 2.24) is 0 Å². The van der Waals surface area contributed by atoms with Gasteiger partial charge in [0.05, 0.1) is 20.3 Å². The first-order valence-electron chi connectivity index (χ1n) is 6.26. The van der Waals surface area contributed by atoms with E-state index in [1.54, 1.807) is 7.11 Å². The van der Waals surface area contributed by atoms with Gasteiger partial charge in [-0.2, -0.15) is 0 Å². The molecule has 1 aromatic carbocycles. The minimum Gasteiger partial charge on any atom is -0.496 e. The SMILES string of the molecule is COc1ccc(Cl)cc1C1(C(C)CCN)COC1. The van der Waals surface area contributed by atoms with Crippen LogP contribution in [0.1, 0.15) is 18.9 Å². The molecule has 0 amide bonds. The molecule has 0 aromatic heterocycles. The number of halogens is 1. The van der Waals surface area contributed by atoms with Gasteiger partial charge in [-0.1, -0.05) is 18.5 Å². The van der Waals surface area contributed by atoms with Gasteiger partial charge in [-0.05, 0) is 37.1 Å². The van der Waals surface area contributed by atoms with E-state index in [2.05, 4.69) is 6.92 Å². The fourth-order valence-corrected chi connectivity index (χ4v) is 2.80. The second-order valence-electron chi connectivity index (χ2n) is 4.97. The van der Waals surface area contributed by atoms with Crippen molar-refractivity contribution in [2.45, 2.75) is 18.8 Å². The van der Waals surface area contributed by atoms with E-state index >= 15 is 0 Å².